The number of likely N-dealkylation sites (N-methyl/N-ethyl adjacent to an activating group) is 1. The van der Waals surface area contributed by atoms with E-state index in [9.17, 15) is 14.0 Å². The number of hydrogen-bond acceptors (Lipinski definition) is 3. The lowest BCUT2D eigenvalue weighted by Crippen LogP contribution is -2.50. The topological polar surface area (TPSA) is 61.4 Å². The maximum absolute atomic E-state index is 12.9. The molecule has 0 spiro atoms. The summed E-state index contributed by atoms with van der Waals surface area (Å²) in [5.74, 6) is -0.481. The van der Waals surface area contributed by atoms with Gasteiger partial charge in [0, 0.05) is 18.5 Å². The Hall–Kier alpha value is -2.12. The van der Waals surface area contributed by atoms with Crippen LogP contribution in [0, 0.1) is 5.82 Å². The van der Waals surface area contributed by atoms with Gasteiger partial charge in [-0.15, -0.1) is 11.3 Å². The molecule has 0 saturated heterocycles. The van der Waals surface area contributed by atoms with Crippen molar-refractivity contribution >= 4 is 34.9 Å². The minimum absolute atomic E-state index is 0.154. The lowest BCUT2D eigenvalue weighted by atomic mass is 10.1. The molecule has 0 aliphatic rings. The van der Waals surface area contributed by atoms with E-state index in [1.54, 1.807) is 30.1 Å². The van der Waals surface area contributed by atoms with Crippen LogP contribution >= 0.6 is 22.9 Å². The number of rotatable bonds is 8. The first-order chi connectivity index (χ1) is 12.9. The fourth-order valence-electron chi connectivity index (χ4n) is 2.55. The second-order valence-corrected chi connectivity index (χ2v) is 7.99. The van der Waals surface area contributed by atoms with Gasteiger partial charge in [-0.05, 0) is 36.2 Å². The number of carbonyl (C=O) groups excluding carboxylic acids is 2. The number of nitrogens with one attached hydrogen (secondary N) is 2. The molecule has 27 heavy (non-hydrogen) atoms. The quantitative estimate of drug-likeness (QED) is 0.684. The molecule has 0 aliphatic heterocycles. The van der Waals surface area contributed by atoms with Crippen LogP contribution in [0.5, 0.6) is 0 Å². The number of hydrogen-bond donors (Lipinski definition) is 2. The highest BCUT2D eigenvalue weighted by Gasteiger charge is 2.23. The Kier molecular flexibility index (Phi) is 8.06. The van der Waals surface area contributed by atoms with E-state index in [1.807, 2.05) is 13.0 Å². The number of halogens is 2. The van der Waals surface area contributed by atoms with Crippen LogP contribution in [0.15, 0.2) is 36.4 Å². The number of amides is 3. The zero-order valence-corrected chi connectivity index (χ0v) is 16.9. The lowest BCUT2D eigenvalue weighted by molar-refractivity contribution is -0.132. The van der Waals surface area contributed by atoms with Gasteiger partial charge in [-0.3, -0.25) is 4.79 Å². The van der Waals surface area contributed by atoms with Crippen molar-refractivity contribution < 1.29 is 14.0 Å². The highest BCUT2D eigenvalue weighted by atomic mass is 35.5. The molecule has 3 amide bonds. The number of urea groups is 1. The molecular formula is C19H23ClFN3O2S. The molecule has 1 atom stereocenters. The highest BCUT2D eigenvalue weighted by molar-refractivity contribution is 7.16. The molecule has 1 aromatic heterocycles. The van der Waals surface area contributed by atoms with Crippen molar-refractivity contribution in [1.29, 1.82) is 0 Å². The maximum Gasteiger partial charge on any atom is 0.315 e. The Balaban J connectivity index is 1.89. The summed E-state index contributed by atoms with van der Waals surface area (Å²) in [6.45, 7) is 2.65. The first kappa shape index (κ1) is 21.2. The van der Waals surface area contributed by atoms with Crippen LogP contribution in [0.2, 0.25) is 4.34 Å². The molecule has 8 heteroatoms. The third-order valence-electron chi connectivity index (χ3n) is 3.95. The van der Waals surface area contributed by atoms with Crippen LogP contribution in [-0.2, 0) is 17.9 Å². The van der Waals surface area contributed by atoms with Gasteiger partial charge in [0.05, 0.1) is 10.9 Å². The molecule has 0 bridgehead atoms. The summed E-state index contributed by atoms with van der Waals surface area (Å²) in [5.41, 5.74) is 0.775. The molecule has 1 unspecified atom stereocenters. The molecule has 1 aromatic carbocycles. The number of thiophene rings is 1. The fraction of sp³-hybridized carbons (Fsp3) is 0.368. The van der Waals surface area contributed by atoms with E-state index >= 15 is 0 Å². The molecule has 2 N–H and O–H groups in total. The average molecular weight is 412 g/mol. The van der Waals surface area contributed by atoms with Crippen LogP contribution in [0.4, 0.5) is 9.18 Å². The van der Waals surface area contributed by atoms with Gasteiger partial charge in [-0.1, -0.05) is 37.1 Å². The molecule has 146 valence electrons. The Morgan fingerprint density at radius 1 is 1.22 bits per heavy atom. The summed E-state index contributed by atoms with van der Waals surface area (Å²) in [6, 6.07) is 8.52. The standard InChI is InChI=1S/C19H23ClFN3O2S/c1-3-4-16(18(25)24(2)12-15-9-10-17(20)27-15)23-19(26)22-11-13-5-7-14(21)8-6-13/h5-10,16H,3-4,11-12H2,1-2H3,(H2,22,23,26). The van der Waals surface area contributed by atoms with Crippen molar-refractivity contribution in [3.63, 3.8) is 0 Å². The van der Waals surface area contributed by atoms with Gasteiger partial charge in [0.2, 0.25) is 5.91 Å². The van der Waals surface area contributed by atoms with Gasteiger partial charge in [0.1, 0.15) is 11.9 Å². The average Bonchev–Trinajstić information content (AvgIpc) is 3.05. The van der Waals surface area contributed by atoms with Gasteiger partial charge in [-0.25, -0.2) is 9.18 Å². The van der Waals surface area contributed by atoms with Gasteiger partial charge < -0.3 is 15.5 Å². The largest absolute Gasteiger partial charge is 0.339 e. The predicted molar refractivity (Wildman–Crippen MR) is 106 cm³/mol. The molecule has 0 fully saturated rings. The summed E-state index contributed by atoms with van der Waals surface area (Å²) in [6.07, 6.45) is 1.30. The summed E-state index contributed by atoms with van der Waals surface area (Å²) < 4.78 is 13.6. The van der Waals surface area contributed by atoms with E-state index in [-0.39, 0.29) is 18.3 Å². The molecule has 1 heterocycles. The van der Waals surface area contributed by atoms with Crippen molar-refractivity contribution in [2.24, 2.45) is 0 Å². The van der Waals surface area contributed by atoms with E-state index in [2.05, 4.69) is 10.6 Å². The number of benzene rings is 1. The predicted octanol–water partition coefficient (Wildman–Crippen LogP) is 4.17. The van der Waals surface area contributed by atoms with E-state index in [0.717, 1.165) is 16.9 Å². The molecule has 2 aromatic rings. The van der Waals surface area contributed by atoms with E-state index in [1.165, 1.54) is 23.5 Å². The molecule has 0 radical (unpaired) electrons. The Bertz CT molecular complexity index is 767. The number of nitrogens with zero attached hydrogens (tertiary/aromatic N) is 1. The summed E-state index contributed by atoms with van der Waals surface area (Å²) in [4.78, 5) is 27.4. The monoisotopic (exact) mass is 411 g/mol. The minimum Gasteiger partial charge on any atom is -0.339 e. The third kappa shape index (κ3) is 6.84. The summed E-state index contributed by atoms with van der Waals surface area (Å²) in [7, 11) is 1.71. The van der Waals surface area contributed by atoms with Crippen LogP contribution in [0.25, 0.3) is 0 Å². The van der Waals surface area contributed by atoms with Crippen molar-refractivity contribution in [2.75, 3.05) is 7.05 Å². The molecule has 0 aliphatic carbocycles. The van der Waals surface area contributed by atoms with Crippen molar-refractivity contribution in [1.82, 2.24) is 15.5 Å². The van der Waals surface area contributed by atoms with Gasteiger partial charge >= 0.3 is 6.03 Å². The summed E-state index contributed by atoms with van der Waals surface area (Å²) in [5, 5.41) is 5.43. The Morgan fingerprint density at radius 3 is 2.52 bits per heavy atom. The van der Waals surface area contributed by atoms with Crippen LogP contribution in [-0.4, -0.2) is 29.9 Å². The SMILES string of the molecule is CCCC(NC(=O)NCc1ccc(F)cc1)C(=O)N(C)Cc1ccc(Cl)s1. The zero-order valence-electron chi connectivity index (χ0n) is 15.3. The third-order valence-corrected chi connectivity index (χ3v) is 5.16. The van der Waals surface area contributed by atoms with E-state index in [4.69, 9.17) is 11.6 Å². The highest BCUT2D eigenvalue weighted by Crippen LogP contribution is 2.22. The lowest BCUT2D eigenvalue weighted by Gasteiger charge is -2.24. The fourth-order valence-corrected chi connectivity index (χ4v) is 3.70. The smallest absolute Gasteiger partial charge is 0.315 e. The molecule has 5 nitrogen and oxygen atoms in total. The Labute approximate surface area is 167 Å². The second-order valence-electron chi connectivity index (χ2n) is 6.19. The van der Waals surface area contributed by atoms with Gasteiger partial charge in [-0.2, -0.15) is 0 Å². The minimum atomic E-state index is -0.608. The normalized spacial score (nSPS) is 11.7. The molecular weight excluding hydrogens is 389 g/mol. The number of carbonyl (C=O) groups is 2. The van der Waals surface area contributed by atoms with Crippen molar-refractivity contribution in [3.05, 3.63) is 57.0 Å². The van der Waals surface area contributed by atoms with E-state index in [0.29, 0.717) is 17.3 Å². The van der Waals surface area contributed by atoms with Crippen LogP contribution < -0.4 is 10.6 Å². The van der Waals surface area contributed by atoms with E-state index < -0.39 is 12.1 Å². The Morgan fingerprint density at radius 2 is 1.93 bits per heavy atom. The van der Waals surface area contributed by atoms with Crippen molar-refractivity contribution in [2.45, 2.75) is 38.9 Å². The first-order valence-electron chi connectivity index (χ1n) is 8.67. The van der Waals surface area contributed by atoms with Crippen LogP contribution in [0.3, 0.4) is 0 Å². The maximum atomic E-state index is 12.9. The molecule has 0 saturated carbocycles. The van der Waals surface area contributed by atoms with Crippen LogP contribution in [0.1, 0.15) is 30.2 Å². The van der Waals surface area contributed by atoms with Crippen molar-refractivity contribution in [3.8, 4) is 0 Å². The van der Waals surface area contributed by atoms with Gasteiger partial charge in [0.25, 0.3) is 0 Å². The second kappa shape index (κ2) is 10.3. The zero-order chi connectivity index (χ0) is 19.8. The molecule has 2 rings (SSSR count). The summed E-state index contributed by atoms with van der Waals surface area (Å²) >= 11 is 7.35. The first-order valence-corrected chi connectivity index (χ1v) is 9.86. The van der Waals surface area contributed by atoms with Gasteiger partial charge in [0.15, 0.2) is 0 Å².